The lowest BCUT2D eigenvalue weighted by atomic mass is 10.1. The van der Waals surface area contributed by atoms with Gasteiger partial charge in [0, 0.05) is 6.42 Å². The molecule has 1 N–H and O–H groups in total. The highest BCUT2D eigenvalue weighted by atomic mass is 16.5. The molecule has 0 aromatic carbocycles. The molecule has 0 aliphatic carbocycles. The van der Waals surface area contributed by atoms with E-state index in [2.05, 4.69) is 29.3 Å². The van der Waals surface area contributed by atoms with Crippen molar-refractivity contribution in [2.45, 2.75) is 52.1 Å². The molecule has 1 aliphatic heterocycles. The van der Waals surface area contributed by atoms with Crippen molar-refractivity contribution in [1.29, 1.82) is 0 Å². The van der Waals surface area contributed by atoms with Gasteiger partial charge in [0.15, 0.2) is 5.82 Å². The lowest BCUT2D eigenvalue weighted by molar-refractivity contribution is 0.0322. The molecule has 0 atom stereocenters. The van der Waals surface area contributed by atoms with E-state index < -0.39 is 0 Å². The number of rotatable bonds is 7. The number of aromatic nitrogens is 2. The quantitative estimate of drug-likeness (QED) is 0.818. The summed E-state index contributed by atoms with van der Waals surface area (Å²) in [5.41, 5.74) is 0. The number of aryl methyl sites for hydroxylation is 1. The summed E-state index contributed by atoms with van der Waals surface area (Å²) in [7, 11) is 0. The first kappa shape index (κ1) is 14.5. The Kier molecular flexibility index (Phi) is 5.79. The van der Waals surface area contributed by atoms with Crippen molar-refractivity contribution in [3.05, 3.63) is 11.7 Å². The predicted octanol–water partition coefficient (Wildman–Crippen LogP) is 1.97. The van der Waals surface area contributed by atoms with Gasteiger partial charge in [0.1, 0.15) is 0 Å². The Hall–Kier alpha value is -0.940. The average molecular weight is 267 g/mol. The largest absolute Gasteiger partial charge is 0.378 e. The summed E-state index contributed by atoms with van der Waals surface area (Å²) in [6, 6.07) is 0. The standard InChI is InChI=1S/C14H25N3O2/c1-11(2)3-4-13-16-14(19-17-13)7-10-18-12-5-8-15-9-6-12/h11-12,15H,3-10H2,1-2H3. The highest BCUT2D eigenvalue weighted by Gasteiger charge is 2.14. The monoisotopic (exact) mass is 267 g/mol. The van der Waals surface area contributed by atoms with Crippen molar-refractivity contribution in [1.82, 2.24) is 15.5 Å². The van der Waals surface area contributed by atoms with Crippen LogP contribution in [0.5, 0.6) is 0 Å². The van der Waals surface area contributed by atoms with Crippen LogP contribution in [0.4, 0.5) is 0 Å². The van der Waals surface area contributed by atoms with E-state index in [1.165, 1.54) is 0 Å². The van der Waals surface area contributed by atoms with Crippen LogP contribution in [0.3, 0.4) is 0 Å². The highest BCUT2D eigenvalue weighted by Crippen LogP contribution is 2.09. The molecule has 0 radical (unpaired) electrons. The molecule has 1 fully saturated rings. The second-order valence-corrected chi connectivity index (χ2v) is 5.61. The molecule has 2 rings (SSSR count). The Labute approximate surface area is 115 Å². The Morgan fingerprint density at radius 1 is 1.32 bits per heavy atom. The van der Waals surface area contributed by atoms with Crippen molar-refractivity contribution < 1.29 is 9.26 Å². The van der Waals surface area contributed by atoms with E-state index in [0.29, 0.717) is 24.5 Å². The maximum absolute atomic E-state index is 5.83. The van der Waals surface area contributed by atoms with Gasteiger partial charge in [-0.25, -0.2) is 0 Å². The van der Waals surface area contributed by atoms with Gasteiger partial charge in [0.2, 0.25) is 5.89 Å². The van der Waals surface area contributed by atoms with Gasteiger partial charge < -0.3 is 14.6 Å². The van der Waals surface area contributed by atoms with Crippen molar-refractivity contribution >= 4 is 0 Å². The molecule has 0 spiro atoms. The molecule has 0 bridgehead atoms. The summed E-state index contributed by atoms with van der Waals surface area (Å²) in [6.45, 7) is 7.20. The van der Waals surface area contributed by atoms with Crippen LogP contribution in [0, 0.1) is 5.92 Å². The molecule has 1 aromatic heterocycles. The topological polar surface area (TPSA) is 60.2 Å². The summed E-state index contributed by atoms with van der Waals surface area (Å²) in [6.07, 6.45) is 5.32. The van der Waals surface area contributed by atoms with Crippen LogP contribution in [0.15, 0.2) is 4.52 Å². The van der Waals surface area contributed by atoms with Crippen LogP contribution in [-0.4, -0.2) is 35.9 Å². The molecule has 0 amide bonds. The molecule has 1 aliphatic rings. The van der Waals surface area contributed by atoms with Crippen LogP contribution in [0.2, 0.25) is 0 Å². The normalized spacial score (nSPS) is 17.2. The van der Waals surface area contributed by atoms with Gasteiger partial charge in [0.05, 0.1) is 19.1 Å². The first-order chi connectivity index (χ1) is 9.24. The van der Waals surface area contributed by atoms with Gasteiger partial charge in [-0.3, -0.25) is 0 Å². The lowest BCUT2D eigenvalue weighted by Crippen LogP contribution is -2.32. The number of ether oxygens (including phenoxy) is 1. The number of hydrogen-bond acceptors (Lipinski definition) is 5. The SMILES string of the molecule is CC(C)CCc1noc(CCOC2CCNCC2)n1. The summed E-state index contributed by atoms with van der Waals surface area (Å²) in [5, 5.41) is 7.33. The third-order valence-corrected chi connectivity index (χ3v) is 3.41. The molecule has 19 heavy (non-hydrogen) atoms. The Morgan fingerprint density at radius 2 is 2.11 bits per heavy atom. The average Bonchev–Trinajstić information content (AvgIpc) is 2.86. The number of nitrogens with zero attached hydrogens (tertiary/aromatic N) is 2. The maximum atomic E-state index is 5.83. The fourth-order valence-electron chi connectivity index (χ4n) is 2.19. The molecule has 2 heterocycles. The Balaban J connectivity index is 1.65. The third-order valence-electron chi connectivity index (χ3n) is 3.41. The second kappa shape index (κ2) is 7.60. The van der Waals surface area contributed by atoms with Crippen molar-refractivity contribution in [3.63, 3.8) is 0 Å². The fraction of sp³-hybridized carbons (Fsp3) is 0.857. The minimum Gasteiger partial charge on any atom is -0.378 e. The smallest absolute Gasteiger partial charge is 0.228 e. The Morgan fingerprint density at radius 3 is 2.84 bits per heavy atom. The van der Waals surface area contributed by atoms with Crippen molar-refractivity contribution in [2.75, 3.05) is 19.7 Å². The molecular weight excluding hydrogens is 242 g/mol. The van der Waals surface area contributed by atoms with Gasteiger partial charge in [-0.05, 0) is 38.3 Å². The number of hydrogen-bond donors (Lipinski definition) is 1. The Bertz CT molecular complexity index is 359. The minimum absolute atomic E-state index is 0.393. The van der Waals surface area contributed by atoms with E-state index in [9.17, 15) is 0 Å². The van der Waals surface area contributed by atoms with E-state index in [0.717, 1.165) is 51.0 Å². The maximum Gasteiger partial charge on any atom is 0.228 e. The van der Waals surface area contributed by atoms with Crippen LogP contribution in [0.1, 0.15) is 44.8 Å². The van der Waals surface area contributed by atoms with Crippen LogP contribution in [0.25, 0.3) is 0 Å². The zero-order valence-electron chi connectivity index (χ0n) is 12.0. The van der Waals surface area contributed by atoms with Crippen molar-refractivity contribution in [3.8, 4) is 0 Å². The summed E-state index contributed by atoms with van der Waals surface area (Å²) in [4.78, 5) is 4.39. The number of piperidine rings is 1. The molecule has 0 saturated carbocycles. The fourth-order valence-corrected chi connectivity index (χ4v) is 2.19. The van der Waals surface area contributed by atoms with E-state index >= 15 is 0 Å². The van der Waals surface area contributed by atoms with Gasteiger partial charge in [-0.15, -0.1) is 0 Å². The van der Waals surface area contributed by atoms with E-state index in [4.69, 9.17) is 9.26 Å². The lowest BCUT2D eigenvalue weighted by Gasteiger charge is -2.22. The van der Waals surface area contributed by atoms with E-state index in [-0.39, 0.29) is 0 Å². The molecule has 1 saturated heterocycles. The molecule has 108 valence electrons. The minimum atomic E-state index is 0.393. The molecule has 5 nitrogen and oxygen atoms in total. The number of nitrogens with one attached hydrogen (secondary N) is 1. The zero-order valence-corrected chi connectivity index (χ0v) is 12.0. The van der Waals surface area contributed by atoms with Crippen LogP contribution in [-0.2, 0) is 17.6 Å². The van der Waals surface area contributed by atoms with Crippen LogP contribution >= 0.6 is 0 Å². The molecule has 5 heteroatoms. The predicted molar refractivity (Wildman–Crippen MR) is 73.0 cm³/mol. The molecule has 0 unspecified atom stereocenters. The first-order valence-electron chi connectivity index (χ1n) is 7.38. The summed E-state index contributed by atoms with van der Waals surface area (Å²) < 4.78 is 11.1. The first-order valence-corrected chi connectivity index (χ1v) is 7.38. The van der Waals surface area contributed by atoms with Crippen molar-refractivity contribution in [2.24, 2.45) is 5.92 Å². The van der Waals surface area contributed by atoms with Gasteiger partial charge in [-0.2, -0.15) is 4.98 Å². The van der Waals surface area contributed by atoms with E-state index in [1.54, 1.807) is 0 Å². The van der Waals surface area contributed by atoms with Gasteiger partial charge >= 0.3 is 0 Å². The molecular formula is C14H25N3O2. The second-order valence-electron chi connectivity index (χ2n) is 5.61. The molecule has 1 aromatic rings. The summed E-state index contributed by atoms with van der Waals surface area (Å²) >= 11 is 0. The third kappa shape index (κ3) is 5.28. The summed E-state index contributed by atoms with van der Waals surface area (Å²) in [5.74, 6) is 2.20. The zero-order chi connectivity index (χ0) is 13.5. The van der Waals surface area contributed by atoms with Gasteiger partial charge in [-0.1, -0.05) is 19.0 Å². The van der Waals surface area contributed by atoms with E-state index in [1.807, 2.05) is 0 Å². The van der Waals surface area contributed by atoms with Gasteiger partial charge in [0.25, 0.3) is 0 Å². The van der Waals surface area contributed by atoms with Crippen LogP contribution < -0.4 is 5.32 Å². The highest BCUT2D eigenvalue weighted by molar-refractivity contribution is 4.87.